The Morgan fingerprint density at radius 3 is 2.56 bits per heavy atom. The third-order valence-electron chi connectivity index (χ3n) is 2.67. The van der Waals surface area contributed by atoms with E-state index in [2.05, 4.69) is 38.4 Å². The number of nitrogens with zero attached hydrogens (tertiary/aromatic N) is 1. The van der Waals surface area contributed by atoms with Crippen molar-refractivity contribution in [1.29, 1.82) is 0 Å². The van der Waals surface area contributed by atoms with Crippen LogP contribution in [0.3, 0.4) is 0 Å². The molecule has 1 N–H and O–H groups in total. The van der Waals surface area contributed by atoms with Crippen LogP contribution in [0.1, 0.15) is 11.3 Å². The Morgan fingerprint density at radius 2 is 2.00 bits per heavy atom. The van der Waals surface area contributed by atoms with Crippen LogP contribution in [0.15, 0.2) is 28.1 Å². The lowest BCUT2D eigenvalue weighted by molar-refractivity contribution is 0.414. The van der Waals surface area contributed by atoms with E-state index in [9.17, 15) is 0 Å². The first kappa shape index (κ1) is 13.4. The molecule has 5 heteroatoms. The summed E-state index contributed by atoms with van der Waals surface area (Å²) < 4.78 is 6.25. The van der Waals surface area contributed by atoms with E-state index in [1.807, 2.05) is 19.2 Å². The van der Waals surface area contributed by atoms with Crippen molar-refractivity contribution in [1.82, 2.24) is 4.98 Å². The van der Waals surface area contributed by atoms with E-state index in [1.54, 1.807) is 18.4 Å². The number of rotatable bonds is 5. The summed E-state index contributed by atoms with van der Waals surface area (Å²) in [4.78, 5) is 4.51. The zero-order chi connectivity index (χ0) is 13.0. The van der Waals surface area contributed by atoms with Gasteiger partial charge in [-0.2, -0.15) is 0 Å². The van der Waals surface area contributed by atoms with Gasteiger partial charge in [-0.3, -0.25) is 0 Å². The molecule has 1 aromatic carbocycles. The Balaban J connectivity index is 1.99. The number of aryl methyl sites for hydroxylation is 2. The number of methoxy groups -OCH3 is 1. The Hall–Kier alpha value is -1.07. The summed E-state index contributed by atoms with van der Waals surface area (Å²) >= 11 is 5.18. The first-order valence-electron chi connectivity index (χ1n) is 5.69. The monoisotopic (exact) mass is 326 g/mol. The summed E-state index contributed by atoms with van der Waals surface area (Å²) in [6, 6.07) is 8.17. The molecule has 0 radical (unpaired) electrons. The number of halogens is 1. The molecule has 1 aromatic heterocycles. The van der Waals surface area contributed by atoms with Gasteiger partial charge in [-0.1, -0.05) is 23.5 Å². The Kier molecular flexibility index (Phi) is 4.60. The van der Waals surface area contributed by atoms with Crippen LogP contribution in [-0.2, 0) is 12.8 Å². The van der Waals surface area contributed by atoms with Gasteiger partial charge >= 0.3 is 0 Å². The fourth-order valence-electron chi connectivity index (χ4n) is 1.65. The highest BCUT2D eigenvalue weighted by Crippen LogP contribution is 2.29. The minimum atomic E-state index is 0.894. The van der Waals surface area contributed by atoms with E-state index in [0.29, 0.717) is 0 Å². The highest BCUT2D eigenvalue weighted by Gasteiger charge is 2.07. The predicted octanol–water partition coefficient (Wildman–Crippen LogP) is 3.74. The molecule has 0 spiro atoms. The molecule has 0 aliphatic rings. The second-order valence-corrected chi connectivity index (χ2v) is 6.15. The fourth-order valence-corrected chi connectivity index (χ4v) is 3.09. The molecule has 0 amide bonds. The number of thiazole rings is 1. The van der Waals surface area contributed by atoms with Gasteiger partial charge in [-0.05, 0) is 46.5 Å². The van der Waals surface area contributed by atoms with Crippen LogP contribution >= 0.6 is 27.3 Å². The molecule has 0 fully saturated rings. The molecular weight excluding hydrogens is 312 g/mol. The first-order chi connectivity index (χ1) is 8.72. The molecule has 96 valence electrons. The Bertz CT molecular complexity index is 510. The molecule has 0 saturated carbocycles. The number of hydrogen-bond acceptors (Lipinski definition) is 4. The molecule has 2 aromatic rings. The topological polar surface area (TPSA) is 34.2 Å². The maximum absolute atomic E-state index is 5.14. The Labute approximate surface area is 119 Å². The number of aromatic nitrogens is 1. The van der Waals surface area contributed by atoms with E-state index in [1.165, 1.54) is 5.56 Å². The molecule has 2 rings (SSSR count). The number of nitrogens with one attached hydrogen (secondary N) is 1. The highest BCUT2D eigenvalue weighted by atomic mass is 79.9. The summed E-state index contributed by atoms with van der Waals surface area (Å²) in [6.07, 6.45) is 1.92. The molecule has 1 heterocycles. The van der Waals surface area contributed by atoms with Crippen molar-refractivity contribution in [2.75, 3.05) is 19.5 Å². The van der Waals surface area contributed by atoms with Crippen LogP contribution in [0.25, 0.3) is 0 Å². The van der Waals surface area contributed by atoms with E-state index in [-0.39, 0.29) is 0 Å². The van der Waals surface area contributed by atoms with E-state index in [4.69, 9.17) is 4.74 Å². The SMILES string of the molecule is CNc1nc(CCc2ccc(OC)cc2)c(Br)s1. The van der Waals surface area contributed by atoms with Gasteiger partial charge in [0.2, 0.25) is 0 Å². The number of benzene rings is 1. The third kappa shape index (κ3) is 3.23. The lowest BCUT2D eigenvalue weighted by Crippen LogP contribution is -1.94. The third-order valence-corrected chi connectivity index (χ3v) is 4.52. The quantitative estimate of drug-likeness (QED) is 0.908. The van der Waals surface area contributed by atoms with Crippen LogP contribution in [0.5, 0.6) is 5.75 Å². The second kappa shape index (κ2) is 6.20. The minimum Gasteiger partial charge on any atom is -0.497 e. The largest absolute Gasteiger partial charge is 0.497 e. The van der Waals surface area contributed by atoms with Crippen molar-refractivity contribution in [3.63, 3.8) is 0 Å². The molecule has 0 atom stereocenters. The number of anilines is 1. The van der Waals surface area contributed by atoms with Gasteiger partial charge in [0.25, 0.3) is 0 Å². The van der Waals surface area contributed by atoms with Crippen molar-refractivity contribution >= 4 is 32.4 Å². The van der Waals surface area contributed by atoms with Crippen molar-refractivity contribution < 1.29 is 4.74 Å². The fraction of sp³-hybridized carbons (Fsp3) is 0.308. The average Bonchev–Trinajstić information content (AvgIpc) is 2.77. The van der Waals surface area contributed by atoms with Crippen molar-refractivity contribution in [2.24, 2.45) is 0 Å². The summed E-state index contributed by atoms with van der Waals surface area (Å²) in [6.45, 7) is 0. The van der Waals surface area contributed by atoms with Crippen LogP contribution < -0.4 is 10.1 Å². The van der Waals surface area contributed by atoms with E-state index in [0.717, 1.165) is 33.2 Å². The number of ether oxygens (including phenoxy) is 1. The average molecular weight is 327 g/mol. The molecule has 18 heavy (non-hydrogen) atoms. The van der Waals surface area contributed by atoms with Crippen molar-refractivity contribution in [3.05, 3.63) is 39.3 Å². The number of hydrogen-bond donors (Lipinski definition) is 1. The second-order valence-electron chi connectivity index (χ2n) is 3.84. The van der Waals surface area contributed by atoms with Crippen molar-refractivity contribution in [2.45, 2.75) is 12.8 Å². The highest BCUT2D eigenvalue weighted by molar-refractivity contribution is 9.11. The summed E-state index contributed by atoms with van der Waals surface area (Å²) in [5, 5.41) is 4.01. The first-order valence-corrected chi connectivity index (χ1v) is 7.29. The van der Waals surface area contributed by atoms with Gasteiger partial charge in [0.1, 0.15) is 5.75 Å². The van der Waals surface area contributed by atoms with Crippen LogP contribution in [0, 0.1) is 0 Å². The lowest BCUT2D eigenvalue weighted by atomic mass is 10.1. The lowest BCUT2D eigenvalue weighted by Gasteiger charge is -2.02. The molecular formula is C13H15BrN2OS. The molecule has 0 unspecified atom stereocenters. The zero-order valence-electron chi connectivity index (χ0n) is 10.4. The van der Waals surface area contributed by atoms with Gasteiger partial charge in [0.05, 0.1) is 16.6 Å². The van der Waals surface area contributed by atoms with Gasteiger partial charge in [0, 0.05) is 7.05 Å². The van der Waals surface area contributed by atoms with Crippen LogP contribution in [0.4, 0.5) is 5.13 Å². The molecule has 0 saturated heterocycles. The molecule has 0 aliphatic heterocycles. The normalized spacial score (nSPS) is 10.4. The Morgan fingerprint density at radius 1 is 1.28 bits per heavy atom. The smallest absolute Gasteiger partial charge is 0.183 e. The van der Waals surface area contributed by atoms with Crippen LogP contribution in [-0.4, -0.2) is 19.1 Å². The van der Waals surface area contributed by atoms with Gasteiger partial charge in [-0.25, -0.2) is 4.98 Å². The van der Waals surface area contributed by atoms with Crippen molar-refractivity contribution in [3.8, 4) is 5.75 Å². The predicted molar refractivity (Wildman–Crippen MR) is 79.8 cm³/mol. The molecule has 3 nitrogen and oxygen atoms in total. The minimum absolute atomic E-state index is 0.894. The molecule has 0 aliphatic carbocycles. The maximum Gasteiger partial charge on any atom is 0.183 e. The molecule has 0 bridgehead atoms. The maximum atomic E-state index is 5.14. The summed E-state index contributed by atoms with van der Waals surface area (Å²) in [5.41, 5.74) is 2.40. The summed E-state index contributed by atoms with van der Waals surface area (Å²) in [7, 11) is 3.57. The van der Waals surface area contributed by atoms with Gasteiger partial charge in [0.15, 0.2) is 5.13 Å². The standard InChI is InChI=1S/C13H15BrN2OS/c1-15-13-16-11(12(14)18-13)8-5-9-3-6-10(17-2)7-4-9/h3-4,6-7H,5,8H2,1-2H3,(H,15,16). The van der Waals surface area contributed by atoms with Gasteiger partial charge < -0.3 is 10.1 Å². The van der Waals surface area contributed by atoms with Gasteiger partial charge in [-0.15, -0.1) is 0 Å². The zero-order valence-corrected chi connectivity index (χ0v) is 12.8. The van der Waals surface area contributed by atoms with E-state index < -0.39 is 0 Å². The van der Waals surface area contributed by atoms with Crippen LogP contribution in [0.2, 0.25) is 0 Å². The van der Waals surface area contributed by atoms with E-state index >= 15 is 0 Å². The summed E-state index contributed by atoms with van der Waals surface area (Å²) in [5.74, 6) is 0.894.